The van der Waals surface area contributed by atoms with Crippen LogP contribution in [0.1, 0.15) is 40.0 Å². The lowest BCUT2D eigenvalue weighted by atomic mass is 9.78. The SMILES string of the molecule is CC(C)(N)CNC1(C)CCC1. The van der Waals surface area contributed by atoms with Crippen LogP contribution in [0.4, 0.5) is 0 Å². The maximum Gasteiger partial charge on any atom is 0.0223 e. The van der Waals surface area contributed by atoms with E-state index in [2.05, 4.69) is 26.1 Å². The van der Waals surface area contributed by atoms with E-state index in [1.165, 1.54) is 19.3 Å². The molecular weight excluding hydrogens is 136 g/mol. The Bertz CT molecular complexity index is 131. The second kappa shape index (κ2) is 2.76. The van der Waals surface area contributed by atoms with E-state index < -0.39 is 0 Å². The van der Waals surface area contributed by atoms with E-state index in [-0.39, 0.29) is 5.54 Å². The number of hydrogen-bond acceptors (Lipinski definition) is 2. The number of nitrogens with two attached hydrogens (primary N) is 1. The number of rotatable bonds is 3. The van der Waals surface area contributed by atoms with Crippen molar-refractivity contribution in [2.75, 3.05) is 6.54 Å². The fourth-order valence-electron chi connectivity index (χ4n) is 1.33. The maximum absolute atomic E-state index is 5.86. The van der Waals surface area contributed by atoms with Gasteiger partial charge >= 0.3 is 0 Å². The molecule has 0 amide bonds. The summed E-state index contributed by atoms with van der Waals surface area (Å²) in [5.41, 5.74) is 6.19. The molecule has 1 aliphatic carbocycles. The van der Waals surface area contributed by atoms with Crippen LogP contribution in [0.15, 0.2) is 0 Å². The van der Waals surface area contributed by atoms with E-state index in [9.17, 15) is 0 Å². The highest BCUT2D eigenvalue weighted by Crippen LogP contribution is 2.30. The Labute approximate surface area is 69.5 Å². The van der Waals surface area contributed by atoms with Crippen LogP contribution in [0.2, 0.25) is 0 Å². The molecule has 1 rings (SSSR count). The fraction of sp³-hybridized carbons (Fsp3) is 1.00. The Balaban J connectivity index is 2.21. The van der Waals surface area contributed by atoms with Gasteiger partial charge in [-0.05, 0) is 40.0 Å². The molecule has 0 spiro atoms. The molecule has 2 nitrogen and oxygen atoms in total. The van der Waals surface area contributed by atoms with Gasteiger partial charge in [0.2, 0.25) is 0 Å². The van der Waals surface area contributed by atoms with Crippen LogP contribution < -0.4 is 11.1 Å². The number of nitrogens with one attached hydrogen (secondary N) is 1. The lowest BCUT2D eigenvalue weighted by Gasteiger charge is -2.41. The molecule has 0 aromatic rings. The molecule has 0 heterocycles. The van der Waals surface area contributed by atoms with Crippen LogP contribution in [-0.2, 0) is 0 Å². The molecule has 0 aromatic carbocycles. The molecular formula is C9H20N2. The zero-order valence-electron chi connectivity index (χ0n) is 7.91. The Morgan fingerprint density at radius 2 is 2.00 bits per heavy atom. The molecule has 0 aromatic heterocycles. The van der Waals surface area contributed by atoms with Crippen molar-refractivity contribution in [3.05, 3.63) is 0 Å². The molecule has 0 saturated heterocycles. The number of hydrogen-bond donors (Lipinski definition) is 2. The van der Waals surface area contributed by atoms with Crippen molar-refractivity contribution in [3.8, 4) is 0 Å². The average molecular weight is 156 g/mol. The Morgan fingerprint density at radius 3 is 2.27 bits per heavy atom. The van der Waals surface area contributed by atoms with Crippen molar-refractivity contribution < 1.29 is 0 Å². The van der Waals surface area contributed by atoms with Crippen molar-refractivity contribution in [1.82, 2.24) is 5.32 Å². The molecule has 1 saturated carbocycles. The second-order valence-corrected chi connectivity index (χ2v) is 4.76. The Hall–Kier alpha value is -0.0800. The van der Waals surface area contributed by atoms with Crippen LogP contribution in [0.3, 0.4) is 0 Å². The minimum atomic E-state index is -0.0708. The van der Waals surface area contributed by atoms with Gasteiger partial charge in [-0.15, -0.1) is 0 Å². The summed E-state index contributed by atoms with van der Waals surface area (Å²) in [4.78, 5) is 0. The molecule has 1 fully saturated rings. The smallest absolute Gasteiger partial charge is 0.0223 e. The van der Waals surface area contributed by atoms with Gasteiger partial charge in [0.05, 0.1) is 0 Å². The van der Waals surface area contributed by atoms with Crippen molar-refractivity contribution in [2.45, 2.75) is 51.1 Å². The second-order valence-electron chi connectivity index (χ2n) is 4.76. The third-order valence-electron chi connectivity index (χ3n) is 2.43. The summed E-state index contributed by atoms with van der Waals surface area (Å²) in [5.74, 6) is 0. The van der Waals surface area contributed by atoms with Gasteiger partial charge in [0.15, 0.2) is 0 Å². The monoisotopic (exact) mass is 156 g/mol. The summed E-state index contributed by atoms with van der Waals surface area (Å²) >= 11 is 0. The predicted octanol–water partition coefficient (Wildman–Crippen LogP) is 1.26. The molecule has 0 unspecified atom stereocenters. The van der Waals surface area contributed by atoms with Gasteiger partial charge in [-0.25, -0.2) is 0 Å². The minimum absolute atomic E-state index is 0.0708. The quantitative estimate of drug-likeness (QED) is 0.645. The lowest BCUT2D eigenvalue weighted by molar-refractivity contribution is 0.196. The average Bonchev–Trinajstić information content (AvgIpc) is 1.77. The maximum atomic E-state index is 5.86. The summed E-state index contributed by atoms with van der Waals surface area (Å²) in [6.45, 7) is 7.32. The summed E-state index contributed by atoms with van der Waals surface area (Å²) < 4.78 is 0. The van der Waals surface area contributed by atoms with E-state index in [4.69, 9.17) is 5.73 Å². The molecule has 11 heavy (non-hydrogen) atoms. The van der Waals surface area contributed by atoms with Crippen LogP contribution in [-0.4, -0.2) is 17.6 Å². The van der Waals surface area contributed by atoms with E-state index in [1.54, 1.807) is 0 Å². The lowest BCUT2D eigenvalue weighted by Crippen LogP contribution is -2.55. The zero-order chi connectivity index (χ0) is 8.54. The van der Waals surface area contributed by atoms with Gasteiger partial charge in [-0.1, -0.05) is 0 Å². The summed E-state index contributed by atoms with van der Waals surface area (Å²) in [6.07, 6.45) is 3.99. The highest BCUT2D eigenvalue weighted by atomic mass is 15.0. The highest BCUT2D eigenvalue weighted by Gasteiger charge is 2.31. The van der Waals surface area contributed by atoms with Crippen molar-refractivity contribution in [1.29, 1.82) is 0 Å². The Kier molecular flexibility index (Phi) is 2.26. The standard InChI is InChI=1S/C9H20N2/c1-8(2,10)7-11-9(3)5-4-6-9/h11H,4-7,10H2,1-3H3. The van der Waals surface area contributed by atoms with E-state index in [0.29, 0.717) is 5.54 Å². The zero-order valence-corrected chi connectivity index (χ0v) is 7.91. The van der Waals surface area contributed by atoms with Gasteiger partial charge in [0.25, 0.3) is 0 Å². The van der Waals surface area contributed by atoms with E-state index >= 15 is 0 Å². The third-order valence-corrected chi connectivity index (χ3v) is 2.43. The molecule has 1 aliphatic rings. The van der Waals surface area contributed by atoms with Gasteiger partial charge in [-0.3, -0.25) is 0 Å². The molecule has 0 atom stereocenters. The van der Waals surface area contributed by atoms with Crippen molar-refractivity contribution in [2.24, 2.45) is 5.73 Å². The van der Waals surface area contributed by atoms with E-state index in [1.807, 2.05) is 0 Å². The topological polar surface area (TPSA) is 38.0 Å². The molecule has 66 valence electrons. The van der Waals surface area contributed by atoms with Gasteiger partial charge < -0.3 is 11.1 Å². The van der Waals surface area contributed by atoms with Gasteiger partial charge in [0, 0.05) is 17.6 Å². The Morgan fingerprint density at radius 1 is 1.45 bits per heavy atom. The van der Waals surface area contributed by atoms with Gasteiger partial charge in [-0.2, -0.15) is 0 Å². The van der Waals surface area contributed by atoms with Crippen LogP contribution in [0.25, 0.3) is 0 Å². The molecule has 0 radical (unpaired) electrons. The third kappa shape index (κ3) is 2.80. The van der Waals surface area contributed by atoms with Crippen LogP contribution in [0, 0.1) is 0 Å². The largest absolute Gasteiger partial charge is 0.324 e. The van der Waals surface area contributed by atoms with Crippen LogP contribution >= 0.6 is 0 Å². The van der Waals surface area contributed by atoms with Gasteiger partial charge in [0.1, 0.15) is 0 Å². The summed E-state index contributed by atoms with van der Waals surface area (Å²) in [7, 11) is 0. The summed E-state index contributed by atoms with van der Waals surface area (Å²) in [5, 5.41) is 3.51. The first-order valence-electron chi connectivity index (χ1n) is 4.45. The first-order chi connectivity index (χ1) is 4.91. The van der Waals surface area contributed by atoms with Crippen molar-refractivity contribution in [3.63, 3.8) is 0 Å². The molecule has 0 bridgehead atoms. The van der Waals surface area contributed by atoms with Crippen molar-refractivity contribution >= 4 is 0 Å². The van der Waals surface area contributed by atoms with E-state index in [0.717, 1.165) is 6.54 Å². The molecule has 0 aliphatic heterocycles. The fourth-order valence-corrected chi connectivity index (χ4v) is 1.33. The first kappa shape index (κ1) is 9.01. The normalized spacial score (nSPS) is 22.9. The predicted molar refractivity (Wildman–Crippen MR) is 48.5 cm³/mol. The highest BCUT2D eigenvalue weighted by molar-refractivity contribution is 4.93. The summed E-state index contributed by atoms with van der Waals surface area (Å²) in [6, 6.07) is 0. The molecule has 3 N–H and O–H groups in total. The van der Waals surface area contributed by atoms with Crippen LogP contribution in [0.5, 0.6) is 0 Å². The molecule has 2 heteroatoms. The first-order valence-corrected chi connectivity index (χ1v) is 4.45. The minimum Gasteiger partial charge on any atom is -0.324 e.